The predicted molar refractivity (Wildman–Crippen MR) is 68.3 cm³/mol. The van der Waals surface area contributed by atoms with Crippen LogP contribution >= 0.6 is 0 Å². The lowest BCUT2D eigenvalue weighted by Crippen LogP contribution is -2.06. The molecule has 0 fully saturated rings. The molecular weight excluding hydrogens is 214 g/mol. The van der Waals surface area contributed by atoms with Crippen LogP contribution in [-0.2, 0) is 9.53 Å². The molecule has 0 radical (unpaired) electrons. The second kappa shape index (κ2) is 11.2. The van der Waals surface area contributed by atoms with Gasteiger partial charge in [-0.25, -0.2) is 4.79 Å². The molecule has 0 rings (SSSR count). The highest BCUT2D eigenvalue weighted by molar-refractivity contribution is 5.91. The van der Waals surface area contributed by atoms with Crippen molar-refractivity contribution in [1.29, 1.82) is 5.26 Å². The third-order valence-electron chi connectivity index (χ3n) is 2.61. The van der Waals surface area contributed by atoms with E-state index in [9.17, 15) is 4.79 Å². The number of carbonyl (C=O) groups is 1. The van der Waals surface area contributed by atoms with Crippen molar-refractivity contribution >= 4 is 5.97 Å². The number of ether oxygens (including phenoxy) is 1. The van der Waals surface area contributed by atoms with Gasteiger partial charge in [0.25, 0.3) is 0 Å². The third-order valence-corrected chi connectivity index (χ3v) is 2.61. The van der Waals surface area contributed by atoms with Crippen molar-refractivity contribution in [1.82, 2.24) is 0 Å². The van der Waals surface area contributed by atoms with Crippen LogP contribution in [0.5, 0.6) is 0 Å². The van der Waals surface area contributed by atoms with E-state index in [-0.39, 0.29) is 5.57 Å². The maximum atomic E-state index is 11.0. The van der Waals surface area contributed by atoms with Gasteiger partial charge in [-0.2, -0.15) is 5.26 Å². The molecule has 0 aliphatic carbocycles. The maximum absolute atomic E-state index is 11.0. The Morgan fingerprint density at radius 1 is 1.12 bits per heavy atom. The fourth-order valence-corrected chi connectivity index (χ4v) is 1.53. The highest BCUT2D eigenvalue weighted by atomic mass is 16.5. The number of nitriles is 1. The zero-order chi connectivity index (χ0) is 12.9. The normalized spacial score (nSPS) is 9.65. The molecule has 3 nitrogen and oxygen atoms in total. The molecule has 0 bridgehead atoms. The molecule has 0 aromatic rings. The first-order chi connectivity index (χ1) is 8.22. The number of rotatable bonds is 10. The first-order valence-electron chi connectivity index (χ1n) is 6.48. The van der Waals surface area contributed by atoms with Crippen LogP contribution in [0, 0.1) is 11.3 Å². The summed E-state index contributed by atoms with van der Waals surface area (Å²) in [7, 11) is 0. The minimum Gasteiger partial charge on any atom is -0.462 e. The van der Waals surface area contributed by atoms with Crippen LogP contribution in [0.2, 0.25) is 0 Å². The van der Waals surface area contributed by atoms with Crippen molar-refractivity contribution in [3.05, 3.63) is 12.2 Å². The first kappa shape index (κ1) is 15.7. The molecular formula is C14H23NO2. The molecule has 96 valence electrons. The van der Waals surface area contributed by atoms with Crippen LogP contribution in [0.1, 0.15) is 58.3 Å². The van der Waals surface area contributed by atoms with Gasteiger partial charge in [0, 0.05) is 0 Å². The van der Waals surface area contributed by atoms with Gasteiger partial charge in [0.1, 0.15) is 11.6 Å². The first-order valence-corrected chi connectivity index (χ1v) is 6.48. The number of nitrogens with zero attached hydrogens (tertiary/aromatic N) is 1. The van der Waals surface area contributed by atoms with E-state index in [1.807, 2.05) is 0 Å². The van der Waals surface area contributed by atoms with E-state index in [1.54, 1.807) is 6.07 Å². The van der Waals surface area contributed by atoms with Gasteiger partial charge in [-0.15, -0.1) is 0 Å². The fourth-order valence-electron chi connectivity index (χ4n) is 1.53. The van der Waals surface area contributed by atoms with Gasteiger partial charge in [-0.05, 0) is 6.42 Å². The van der Waals surface area contributed by atoms with Crippen LogP contribution in [0.15, 0.2) is 12.2 Å². The van der Waals surface area contributed by atoms with E-state index in [0.717, 1.165) is 12.8 Å². The molecule has 0 aromatic heterocycles. The van der Waals surface area contributed by atoms with Gasteiger partial charge < -0.3 is 4.74 Å². The number of esters is 1. The Kier molecular flexibility index (Phi) is 10.3. The highest BCUT2D eigenvalue weighted by Gasteiger charge is 2.05. The molecule has 0 amide bonds. The summed E-state index contributed by atoms with van der Waals surface area (Å²) < 4.78 is 4.88. The van der Waals surface area contributed by atoms with Crippen molar-refractivity contribution in [3.63, 3.8) is 0 Å². The largest absolute Gasteiger partial charge is 0.462 e. The SMILES string of the molecule is C=C(C#N)C(=O)OCCCCCCCCCC. The van der Waals surface area contributed by atoms with Gasteiger partial charge in [0.15, 0.2) is 0 Å². The number of unbranched alkanes of at least 4 members (excludes halogenated alkanes) is 7. The van der Waals surface area contributed by atoms with Gasteiger partial charge in [0.2, 0.25) is 0 Å². The summed E-state index contributed by atoms with van der Waals surface area (Å²) in [6.45, 7) is 5.90. The zero-order valence-corrected chi connectivity index (χ0v) is 10.8. The average molecular weight is 237 g/mol. The summed E-state index contributed by atoms with van der Waals surface area (Å²) in [5.41, 5.74) is -0.121. The topological polar surface area (TPSA) is 50.1 Å². The van der Waals surface area contributed by atoms with E-state index in [1.165, 1.54) is 38.5 Å². The molecule has 17 heavy (non-hydrogen) atoms. The Morgan fingerprint density at radius 3 is 2.18 bits per heavy atom. The van der Waals surface area contributed by atoms with Crippen LogP contribution in [0.3, 0.4) is 0 Å². The standard InChI is InChI=1S/C14H23NO2/c1-3-4-5-6-7-8-9-10-11-17-14(16)13(2)12-15/h2-11H2,1H3. The molecule has 0 spiro atoms. The molecule has 3 heteroatoms. The second-order valence-electron chi connectivity index (χ2n) is 4.20. The molecule has 0 aromatic carbocycles. The zero-order valence-electron chi connectivity index (χ0n) is 10.8. The van der Waals surface area contributed by atoms with Gasteiger partial charge in [0.05, 0.1) is 6.61 Å². The van der Waals surface area contributed by atoms with E-state index in [0.29, 0.717) is 6.61 Å². The molecule has 0 atom stereocenters. The third kappa shape index (κ3) is 9.62. The van der Waals surface area contributed by atoms with E-state index in [4.69, 9.17) is 10.00 Å². The minimum atomic E-state index is -0.588. The molecule has 0 N–H and O–H groups in total. The quantitative estimate of drug-likeness (QED) is 0.251. The van der Waals surface area contributed by atoms with Gasteiger partial charge in [-0.1, -0.05) is 58.4 Å². The Labute approximate surface area is 104 Å². The highest BCUT2D eigenvalue weighted by Crippen LogP contribution is 2.08. The molecule has 0 aliphatic rings. The lowest BCUT2D eigenvalue weighted by molar-refractivity contribution is -0.138. The summed E-state index contributed by atoms with van der Waals surface area (Å²) in [5.74, 6) is -0.588. The molecule has 0 saturated heterocycles. The summed E-state index contributed by atoms with van der Waals surface area (Å²) in [5, 5.41) is 8.40. The smallest absolute Gasteiger partial charge is 0.348 e. The second-order valence-corrected chi connectivity index (χ2v) is 4.20. The summed E-state index contributed by atoms with van der Waals surface area (Å²) in [6.07, 6.45) is 9.65. The monoisotopic (exact) mass is 237 g/mol. The molecule has 0 aliphatic heterocycles. The van der Waals surface area contributed by atoms with Crippen molar-refractivity contribution in [3.8, 4) is 6.07 Å². The molecule has 0 unspecified atom stereocenters. The number of hydrogen-bond acceptors (Lipinski definition) is 3. The minimum absolute atomic E-state index is 0.121. The summed E-state index contributed by atoms with van der Waals surface area (Å²) in [4.78, 5) is 11.0. The molecule has 0 saturated carbocycles. The lowest BCUT2D eigenvalue weighted by atomic mass is 10.1. The van der Waals surface area contributed by atoms with Crippen LogP contribution in [-0.4, -0.2) is 12.6 Å². The number of carbonyl (C=O) groups excluding carboxylic acids is 1. The van der Waals surface area contributed by atoms with Gasteiger partial charge >= 0.3 is 5.97 Å². The van der Waals surface area contributed by atoms with E-state index >= 15 is 0 Å². The molecule has 0 heterocycles. The fraction of sp³-hybridized carbons (Fsp3) is 0.714. The van der Waals surface area contributed by atoms with Crippen LogP contribution in [0.4, 0.5) is 0 Å². The lowest BCUT2D eigenvalue weighted by Gasteiger charge is -2.03. The van der Waals surface area contributed by atoms with Gasteiger partial charge in [-0.3, -0.25) is 0 Å². The van der Waals surface area contributed by atoms with Crippen LogP contribution in [0.25, 0.3) is 0 Å². The number of hydrogen-bond donors (Lipinski definition) is 0. The predicted octanol–water partition coefficient (Wildman–Crippen LogP) is 3.75. The Bertz CT molecular complexity index is 266. The van der Waals surface area contributed by atoms with Crippen LogP contribution < -0.4 is 0 Å². The van der Waals surface area contributed by atoms with E-state index in [2.05, 4.69) is 13.5 Å². The van der Waals surface area contributed by atoms with Crippen molar-refractivity contribution in [2.75, 3.05) is 6.61 Å². The van der Waals surface area contributed by atoms with Crippen molar-refractivity contribution in [2.24, 2.45) is 0 Å². The average Bonchev–Trinajstić information content (AvgIpc) is 2.35. The Hall–Kier alpha value is -1.30. The van der Waals surface area contributed by atoms with Crippen molar-refractivity contribution < 1.29 is 9.53 Å². The Morgan fingerprint density at radius 2 is 1.65 bits per heavy atom. The summed E-state index contributed by atoms with van der Waals surface area (Å²) in [6, 6.07) is 1.68. The maximum Gasteiger partial charge on any atom is 0.348 e. The Balaban J connectivity index is 3.22. The van der Waals surface area contributed by atoms with E-state index < -0.39 is 5.97 Å². The summed E-state index contributed by atoms with van der Waals surface area (Å²) >= 11 is 0. The van der Waals surface area contributed by atoms with Crippen molar-refractivity contribution in [2.45, 2.75) is 58.3 Å².